The molecule has 0 aliphatic carbocycles. The first kappa shape index (κ1) is 13.4. The Morgan fingerprint density at radius 3 is 2.68 bits per heavy atom. The van der Waals surface area contributed by atoms with Crippen LogP contribution in [0.15, 0.2) is 24.4 Å². The van der Waals surface area contributed by atoms with Gasteiger partial charge >= 0.3 is 0 Å². The molecule has 0 radical (unpaired) electrons. The van der Waals surface area contributed by atoms with Gasteiger partial charge in [-0.2, -0.15) is 0 Å². The van der Waals surface area contributed by atoms with Gasteiger partial charge < -0.3 is 5.32 Å². The van der Waals surface area contributed by atoms with Gasteiger partial charge in [0.15, 0.2) is 5.82 Å². The van der Waals surface area contributed by atoms with E-state index in [2.05, 4.69) is 27.2 Å². The molecule has 0 aliphatic rings. The third-order valence-corrected chi connectivity index (χ3v) is 2.65. The molecular weight excluding hydrogens is 243 g/mol. The lowest BCUT2D eigenvalue weighted by atomic mass is 10.2. The third-order valence-electron chi connectivity index (χ3n) is 2.65. The van der Waals surface area contributed by atoms with Crippen molar-refractivity contribution in [1.29, 1.82) is 0 Å². The minimum atomic E-state index is -0.361. The van der Waals surface area contributed by atoms with E-state index in [1.807, 2.05) is 13.0 Å². The van der Waals surface area contributed by atoms with Gasteiger partial charge in [0.25, 0.3) is 0 Å². The maximum atomic E-state index is 12.9. The van der Waals surface area contributed by atoms with Crippen molar-refractivity contribution in [2.45, 2.75) is 26.7 Å². The molecule has 5 heteroatoms. The quantitative estimate of drug-likeness (QED) is 0.897. The Hall–Kier alpha value is -2.04. The van der Waals surface area contributed by atoms with Crippen LogP contribution in [-0.2, 0) is 6.42 Å². The Labute approximate surface area is 112 Å². The maximum Gasteiger partial charge on any atom is 0.180 e. The molecule has 4 nitrogen and oxygen atoms in total. The molecule has 0 spiro atoms. The molecule has 1 N–H and O–H groups in total. The monoisotopic (exact) mass is 260 g/mol. The zero-order valence-electron chi connectivity index (χ0n) is 11.2. The van der Waals surface area contributed by atoms with Gasteiger partial charge in [-0.15, -0.1) is 0 Å². The largest absolute Gasteiger partial charge is 0.370 e. The normalized spacial score (nSPS) is 10.5. The molecule has 0 saturated carbocycles. The van der Waals surface area contributed by atoms with E-state index < -0.39 is 0 Å². The summed E-state index contributed by atoms with van der Waals surface area (Å²) < 4.78 is 12.9. The van der Waals surface area contributed by atoms with E-state index in [1.54, 1.807) is 6.07 Å². The zero-order valence-corrected chi connectivity index (χ0v) is 11.2. The number of pyridine rings is 1. The van der Waals surface area contributed by atoms with E-state index in [0.29, 0.717) is 11.5 Å². The van der Waals surface area contributed by atoms with Gasteiger partial charge in [0, 0.05) is 18.3 Å². The van der Waals surface area contributed by atoms with Crippen LogP contribution in [-0.4, -0.2) is 21.5 Å². The summed E-state index contributed by atoms with van der Waals surface area (Å²) in [5.41, 5.74) is 1.52. The molecule has 0 bridgehead atoms. The van der Waals surface area contributed by atoms with Crippen molar-refractivity contribution in [1.82, 2.24) is 15.0 Å². The fraction of sp³-hybridized carbons (Fsp3) is 0.357. The number of hydrogen-bond donors (Lipinski definition) is 1. The molecule has 2 aromatic heterocycles. The first-order valence-corrected chi connectivity index (χ1v) is 6.46. The summed E-state index contributed by atoms with van der Waals surface area (Å²) in [5.74, 6) is 0.951. The number of nitrogens with one attached hydrogen (secondary N) is 1. The second-order valence-electron chi connectivity index (χ2n) is 4.21. The van der Waals surface area contributed by atoms with E-state index in [4.69, 9.17) is 0 Å². The van der Waals surface area contributed by atoms with E-state index in [-0.39, 0.29) is 5.82 Å². The van der Waals surface area contributed by atoms with Gasteiger partial charge in [-0.25, -0.2) is 19.3 Å². The minimum Gasteiger partial charge on any atom is -0.370 e. The predicted molar refractivity (Wildman–Crippen MR) is 73.4 cm³/mol. The van der Waals surface area contributed by atoms with Crippen LogP contribution in [0.3, 0.4) is 0 Å². The summed E-state index contributed by atoms with van der Waals surface area (Å²) in [4.78, 5) is 12.9. The topological polar surface area (TPSA) is 50.7 Å². The number of aromatic nitrogens is 3. The molecular formula is C14H17FN4. The molecule has 0 aromatic carbocycles. The number of nitrogens with zero attached hydrogens (tertiary/aromatic N) is 3. The fourth-order valence-corrected chi connectivity index (χ4v) is 1.64. The summed E-state index contributed by atoms with van der Waals surface area (Å²) in [5, 5.41) is 3.24. The average Bonchev–Trinajstić information content (AvgIpc) is 2.45. The predicted octanol–water partition coefficient (Wildman–Crippen LogP) is 3.06. The molecule has 0 aliphatic heterocycles. The minimum absolute atomic E-state index is 0.361. The third kappa shape index (κ3) is 3.47. The molecule has 2 aromatic rings. The molecule has 0 amide bonds. The van der Waals surface area contributed by atoms with Crippen LogP contribution in [0.2, 0.25) is 0 Å². The summed E-state index contributed by atoms with van der Waals surface area (Å²) in [7, 11) is 0. The van der Waals surface area contributed by atoms with Crippen LogP contribution in [0.25, 0.3) is 11.5 Å². The Kier molecular flexibility index (Phi) is 4.39. The highest BCUT2D eigenvalue weighted by molar-refractivity contribution is 5.52. The lowest BCUT2D eigenvalue weighted by Crippen LogP contribution is -2.05. The number of halogens is 1. The Bertz CT molecular complexity index is 540. The van der Waals surface area contributed by atoms with Crippen molar-refractivity contribution < 1.29 is 4.39 Å². The van der Waals surface area contributed by atoms with Gasteiger partial charge in [0.05, 0.1) is 6.20 Å². The van der Waals surface area contributed by atoms with Crippen LogP contribution in [0.1, 0.15) is 26.0 Å². The van der Waals surface area contributed by atoms with Crippen LogP contribution < -0.4 is 5.32 Å². The lowest BCUT2D eigenvalue weighted by Gasteiger charge is -2.08. The number of hydrogen-bond acceptors (Lipinski definition) is 4. The summed E-state index contributed by atoms with van der Waals surface area (Å²) in [6, 6.07) is 4.89. The van der Waals surface area contributed by atoms with Crippen LogP contribution >= 0.6 is 0 Å². The number of anilines is 1. The molecule has 0 fully saturated rings. The summed E-state index contributed by atoms with van der Waals surface area (Å²) >= 11 is 0. The highest BCUT2D eigenvalue weighted by Gasteiger charge is 2.07. The van der Waals surface area contributed by atoms with Crippen molar-refractivity contribution in [3.05, 3.63) is 35.9 Å². The van der Waals surface area contributed by atoms with Gasteiger partial charge in [0.2, 0.25) is 0 Å². The van der Waals surface area contributed by atoms with Gasteiger partial charge in [0.1, 0.15) is 17.3 Å². The van der Waals surface area contributed by atoms with Crippen molar-refractivity contribution >= 4 is 5.82 Å². The Balaban J connectivity index is 2.35. The Morgan fingerprint density at radius 2 is 2.05 bits per heavy atom. The van der Waals surface area contributed by atoms with Crippen molar-refractivity contribution in [3.63, 3.8) is 0 Å². The van der Waals surface area contributed by atoms with Crippen molar-refractivity contribution in [2.75, 3.05) is 11.9 Å². The molecule has 100 valence electrons. The SMILES string of the molecule is CCCNc1cc(CC)nc(-c2ccc(F)cn2)n1. The molecule has 0 unspecified atom stereocenters. The zero-order chi connectivity index (χ0) is 13.7. The summed E-state index contributed by atoms with van der Waals surface area (Å²) in [6.07, 6.45) is 3.02. The van der Waals surface area contributed by atoms with Crippen LogP contribution in [0, 0.1) is 5.82 Å². The van der Waals surface area contributed by atoms with Gasteiger partial charge in [-0.1, -0.05) is 13.8 Å². The highest BCUT2D eigenvalue weighted by atomic mass is 19.1. The molecule has 2 rings (SSSR count). The summed E-state index contributed by atoms with van der Waals surface area (Å²) in [6.45, 7) is 4.99. The lowest BCUT2D eigenvalue weighted by molar-refractivity contribution is 0.621. The van der Waals surface area contributed by atoms with Crippen molar-refractivity contribution in [2.24, 2.45) is 0 Å². The van der Waals surface area contributed by atoms with Gasteiger partial charge in [-0.05, 0) is 25.0 Å². The molecule has 0 atom stereocenters. The van der Waals surface area contributed by atoms with Crippen molar-refractivity contribution in [3.8, 4) is 11.5 Å². The highest BCUT2D eigenvalue weighted by Crippen LogP contribution is 2.16. The Morgan fingerprint density at radius 1 is 1.21 bits per heavy atom. The maximum absolute atomic E-state index is 12.9. The smallest absolute Gasteiger partial charge is 0.180 e. The second kappa shape index (κ2) is 6.22. The first-order valence-electron chi connectivity index (χ1n) is 6.46. The van der Waals surface area contributed by atoms with Crippen LogP contribution in [0.4, 0.5) is 10.2 Å². The number of aryl methyl sites for hydroxylation is 1. The number of rotatable bonds is 5. The van der Waals surface area contributed by atoms with E-state index in [0.717, 1.165) is 30.9 Å². The molecule has 0 saturated heterocycles. The van der Waals surface area contributed by atoms with E-state index >= 15 is 0 Å². The van der Waals surface area contributed by atoms with Crippen LogP contribution in [0.5, 0.6) is 0 Å². The second-order valence-corrected chi connectivity index (χ2v) is 4.21. The average molecular weight is 260 g/mol. The van der Waals surface area contributed by atoms with E-state index in [1.165, 1.54) is 12.3 Å². The van der Waals surface area contributed by atoms with E-state index in [9.17, 15) is 4.39 Å². The molecule has 2 heterocycles. The first-order chi connectivity index (χ1) is 9.22. The standard InChI is InChI=1S/C14H17FN4/c1-3-7-16-13-8-11(4-2)18-14(19-13)12-6-5-10(15)9-17-12/h5-6,8-9H,3-4,7H2,1-2H3,(H,16,18,19). The molecule has 19 heavy (non-hydrogen) atoms. The fourth-order valence-electron chi connectivity index (χ4n) is 1.64. The van der Waals surface area contributed by atoms with Gasteiger partial charge in [-0.3, -0.25) is 0 Å².